The monoisotopic (exact) mass is 332 g/mol. The number of amides is 2. The molecule has 130 valence electrons. The average Bonchev–Trinajstić information content (AvgIpc) is 3.23. The van der Waals surface area contributed by atoms with E-state index in [9.17, 15) is 9.59 Å². The Balaban J connectivity index is 1.42. The molecule has 6 nitrogen and oxygen atoms in total. The van der Waals surface area contributed by atoms with Crippen LogP contribution in [0.5, 0.6) is 0 Å². The van der Waals surface area contributed by atoms with E-state index in [0.29, 0.717) is 6.61 Å². The van der Waals surface area contributed by atoms with Crippen LogP contribution in [0.4, 0.5) is 0 Å². The Morgan fingerprint density at radius 2 is 1.92 bits per heavy atom. The van der Waals surface area contributed by atoms with Crippen LogP contribution in [0.25, 0.3) is 0 Å². The Morgan fingerprint density at radius 3 is 2.62 bits per heavy atom. The van der Waals surface area contributed by atoms with Gasteiger partial charge < -0.3 is 20.1 Å². The van der Waals surface area contributed by atoms with E-state index in [1.807, 2.05) is 37.3 Å². The summed E-state index contributed by atoms with van der Waals surface area (Å²) >= 11 is 0. The molecular weight excluding hydrogens is 308 g/mol. The summed E-state index contributed by atoms with van der Waals surface area (Å²) in [6.45, 7) is 2.59. The highest BCUT2D eigenvalue weighted by molar-refractivity contribution is 6.35. The molecule has 1 heterocycles. The lowest BCUT2D eigenvalue weighted by Crippen LogP contribution is -2.44. The average molecular weight is 332 g/mol. The number of rotatable bonds is 4. The van der Waals surface area contributed by atoms with E-state index in [1.54, 1.807) is 0 Å². The summed E-state index contributed by atoms with van der Waals surface area (Å²) in [7, 11) is 0. The van der Waals surface area contributed by atoms with Crippen molar-refractivity contribution >= 4 is 11.8 Å². The number of nitrogens with one attached hydrogen (secondary N) is 2. The summed E-state index contributed by atoms with van der Waals surface area (Å²) in [6, 6.07) is 9.30. The molecule has 2 atom stereocenters. The highest BCUT2D eigenvalue weighted by Gasteiger charge is 2.43. The first-order valence-electron chi connectivity index (χ1n) is 8.53. The lowest BCUT2D eigenvalue weighted by atomic mass is 10.1. The van der Waals surface area contributed by atoms with Crippen LogP contribution < -0.4 is 10.6 Å². The molecule has 0 radical (unpaired) electrons. The second-order valence-electron chi connectivity index (χ2n) is 6.48. The lowest BCUT2D eigenvalue weighted by Gasteiger charge is -2.22. The van der Waals surface area contributed by atoms with Crippen LogP contribution in [-0.4, -0.2) is 36.9 Å². The van der Waals surface area contributed by atoms with Gasteiger partial charge in [-0.2, -0.15) is 0 Å². The molecule has 2 N–H and O–H groups in total. The Morgan fingerprint density at radius 1 is 1.21 bits per heavy atom. The Kier molecular flexibility index (Phi) is 5.16. The number of ether oxygens (including phenoxy) is 2. The molecule has 1 aliphatic carbocycles. The highest BCUT2D eigenvalue weighted by atomic mass is 16.7. The second kappa shape index (κ2) is 7.32. The van der Waals surface area contributed by atoms with E-state index in [2.05, 4.69) is 10.6 Å². The summed E-state index contributed by atoms with van der Waals surface area (Å²) in [5.74, 6) is -1.73. The molecule has 2 aliphatic rings. The first-order valence-corrected chi connectivity index (χ1v) is 8.53. The van der Waals surface area contributed by atoms with Crippen molar-refractivity contribution in [2.24, 2.45) is 0 Å². The van der Waals surface area contributed by atoms with Gasteiger partial charge in [-0.25, -0.2) is 0 Å². The number of hydrogen-bond acceptors (Lipinski definition) is 4. The van der Waals surface area contributed by atoms with Crippen molar-refractivity contribution in [3.05, 3.63) is 35.9 Å². The zero-order valence-electron chi connectivity index (χ0n) is 13.9. The molecule has 1 saturated carbocycles. The molecular formula is C18H24N2O4. The lowest BCUT2D eigenvalue weighted by molar-refractivity contribution is -0.161. The van der Waals surface area contributed by atoms with E-state index in [0.717, 1.165) is 31.2 Å². The van der Waals surface area contributed by atoms with E-state index >= 15 is 0 Å². The van der Waals surface area contributed by atoms with Gasteiger partial charge >= 0.3 is 11.8 Å². The largest absolute Gasteiger partial charge is 0.347 e. The van der Waals surface area contributed by atoms with Gasteiger partial charge in [0.2, 0.25) is 0 Å². The topological polar surface area (TPSA) is 76.7 Å². The van der Waals surface area contributed by atoms with Crippen LogP contribution in [0.1, 0.15) is 44.2 Å². The summed E-state index contributed by atoms with van der Waals surface area (Å²) in [4.78, 5) is 23.9. The van der Waals surface area contributed by atoms with Gasteiger partial charge in [0.25, 0.3) is 0 Å². The molecule has 0 bridgehead atoms. The third-order valence-electron chi connectivity index (χ3n) is 4.62. The van der Waals surface area contributed by atoms with Crippen LogP contribution in [0.15, 0.2) is 30.3 Å². The Labute approximate surface area is 141 Å². The summed E-state index contributed by atoms with van der Waals surface area (Å²) in [6.07, 6.45) is 3.85. The van der Waals surface area contributed by atoms with Gasteiger partial charge in [-0.05, 0) is 25.3 Å². The van der Waals surface area contributed by atoms with Crippen molar-refractivity contribution < 1.29 is 19.1 Å². The maximum Gasteiger partial charge on any atom is 0.309 e. The van der Waals surface area contributed by atoms with Crippen molar-refractivity contribution in [1.29, 1.82) is 0 Å². The van der Waals surface area contributed by atoms with Crippen LogP contribution in [0.3, 0.4) is 0 Å². The summed E-state index contributed by atoms with van der Waals surface area (Å²) in [5, 5.41) is 5.33. The third kappa shape index (κ3) is 3.94. The van der Waals surface area contributed by atoms with Gasteiger partial charge in [-0.1, -0.05) is 30.3 Å². The molecule has 1 spiro atoms. The molecule has 1 aromatic rings. The van der Waals surface area contributed by atoms with Gasteiger partial charge in [-0.3, -0.25) is 9.59 Å². The number of carbonyl (C=O) groups is 2. The highest BCUT2D eigenvalue weighted by Crippen LogP contribution is 2.38. The van der Waals surface area contributed by atoms with Crippen LogP contribution in [0.2, 0.25) is 0 Å². The first kappa shape index (κ1) is 16.9. The maximum absolute atomic E-state index is 12.0. The Bertz CT molecular complexity index is 584. The fraction of sp³-hybridized carbons (Fsp3) is 0.556. The molecule has 1 aromatic carbocycles. The van der Waals surface area contributed by atoms with Crippen molar-refractivity contribution in [3.8, 4) is 0 Å². The van der Waals surface area contributed by atoms with Crippen molar-refractivity contribution in [3.63, 3.8) is 0 Å². The SMILES string of the molecule is C[C@H](NC(=O)C(=O)NC[C@H]1COC2(CCCC2)O1)c1ccccc1. The smallest absolute Gasteiger partial charge is 0.309 e. The Hall–Kier alpha value is -1.92. The van der Waals surface area contributed by atoms with Crippen molar-refractivity contribution in [2.75, 3.05) is 13.2 Å². The minimum Gasteiger partial charge on any atom is -0.347 e. The molecule has 6 heteroatoms. The predicted octanol–water partition coefficient (Wildman–Crippen LogP) is 1.67. The molecule has 3 rings (SSSR count). The fourth-order valence-corrected chi connectivity index (χ4v) is 3.27. The summed E-state index contributed by atoms with van der Waals surface area (Å²) < 4.78 is 11.7. The van der Waals surface area contributed by atoms with Gasteiger partial charge in [0.15, 0.2) is 5.79 Å². The van der Waals surface area contributed by atoms with Crippen molar-refractivity contribution in [2.45, 2.75) is 50.5 Å². The normalized spacial score (nSPS) is 23.1. The standard InChI is InChI=1S/C18H24N2O4/c1-13(14-7-3-2-4-8-14)20-17(22)16(21)19-11-15-12-23-18(24-15)9-5-6-10-18/h2-4,7-8,13,15H,5-6,9-12H2,1H3,(H,19,21)(H,20,22)/t13-,15-/m0/s1. The quantitative estimate of drug-likeness (QED) is 0.822. The third-order valence-corrected chi connectivity index (χ3v) is 4.62. The van der Waals surface area contributed by atoms with Crippen molar-refractivity contribution in [1.82, 2.24) is 10.6 Å². The molecule has 24 heavy (non-hydrogen) atoms. The predicted molar refractivity (Wildman–Crippen MR) is 88.0 cm³/mol. The van der Waals surface area contributed by atoms with E-state index in [1.165, 1.54) is 0 Å². The minimum atomic E-state index is -0.645. The van der Waals surface area contributed by atoms with Gasteiger partial charge in [0.05, 0.1) is 12.6 Å². The number of carbonyl (C=O) groups excluding carboxylic acids is 2. The van der Waals surface area contributed by atoms with E-state index in [-0.39, 0.29) is 18.7 Å². The second-order valence-corrected chi connectivity index (χ2v) is 6.48. The number of benzene rings is 1. The minimum absolute atomic E-state index is 0.189. The zero-order chi connectivity index (χ0) is 17.0. The van der Waals surface area contributed by atoms with E-state index in [4.69, 9.17) is 9.47 Å². The van der Waals surface area contributed by atoms with E-state index < -0.39 is 17.6 Å². The zero-order valence-corrected chi connectivity index (χ0v) is 13.9. The maximum atomic E-state index is 12.0. The van der Waals surface area contributed by atoms with Gasteiger partial charge in [-0.15, -0.1) is 0 Å². The molecule has 1 saturated heterocycles. The molecule has 2 fully saturated rings. The molecule has 0 aromatic heterocycles. The van der Waals surface area contributed by atoms with Crippen LogP contribution in [-0.2, 0) is 19.1 Å². The van der Waals surface area contributed by atoms with Crippen LogP contribution >= 0.6 is 0 Å². The fourth-order valence-electron chi connectivity index (χ4n) is 3.27. The van der Waals surface area contributed by atoms with Gasteiger partial charge in [0, 0.05) is 19.4 Å². The number of hydrogen-bond donors (Lipinski definition) is 2. The van der Waals surface area contributed by atoms with Crippen LogP contribution in [0, 0.1) is 0 Å². The molecule has 2 amide bonds. The van der Waals surface area contributed by atoms with Gasteiger partial charge in [0.1, 0.15) is 6.10 Å². The summed E-state index contributed by atoms with van der Waals surface area (Å²) in [5.41, 5.74) is 0.953. The first-order chi connectivity index (χ1) is 11.6. The molecule has 0 unspecified atom stereocenters. The molecule has 1 aliphatic heterocycles.